The van der Waals surface area contributed by atoms with Gasteiger partial charge in [-0.25, -0.2) is 0 Å². The summed E-state index contributed by atoms with van der Waals surface area (Å²) in [5.41, 5.74) is 0. The molecule has 0 aromatic carbocycles. The Morgan fingerprint density at radius 2 is 2.44 bits per heavy atom. The Balaban J connectivity index is 2.07. The Kier molecular flexibility index (Phi) is 0.943. The zero-order valence-corrected chi connectivity index (χ0v) is 5.46. The fraction of sp³-hybridized carbons (Fsp3) is 0.857. The highest BCUT2D eigenvalue weighted by Gasteiger charge is 2.48. The maximum Gasteiger partial charge on any atom is 0.164 e. The third-order valence-corrected chi connectivity index (χ3v) is 2.08. The van der Waals surface area contributed by atoms with Gasteiger partial charge in [0.05, 0.1) is 6.10 Å². The predicted molar refractivity (Wildman–Crippen MR) is 32.1 cm³/mol. The fourth-order valence-electron chi connectivity index (χ4n) is 1.54. The number of Topliss-reactive ketones (excluding diaryl/α,β-unsaturated/α-hetero) is 1. The first-order valence-electron chi connectivity index (χ1n) is 3.45. The zero-order chi connectivity index (χ0) is 6.43. The summed E-state index contributed by atoms with van der Waals surface area (Å²) in [6, 6.07) is 0. The van der Waals surface area contributed by atoms with Gasteiger partial charge in [0.25, 0.3) is 0 Å². The van der Waals surface area contributed by atoms with Crippen molar-refractivity contribution in [3.63, 3.8) is 0 Å². The molecule has 0 aromatic heterocycles. The van der Waals surface area contributed by atoms with E-state index in [1.165, 1.54) is 0 Å². The number of hydrogen-bond donors (Lipinski definition) is 0. The van der Waals surface area contributed by atoms with Crippen molar-refractivity contribution in [2.24, 2.45) is 5.92 Å². The lowest BCUT2D eigenvalue weighted by Crippen LogP contribution is -2.20. The predicted octanol–water partition coefficient (Wildman–Crippen LogP) is 0.753. The van der Waals surface area contributed by atoms with Crippen LogP contribution >= 0.6 is 0 Å². The average Bonchev–Trinajstić information content (AvgIpc) is 2.43. The van der Waals surface area contributed by atoms with E-state index in [1.54, 1.807) is 0 Å². The number of ketones is 1. The van der Waals surface area contributed by atoms with E-state index in [4.69, 9.17) is 4.74 Å². The molecule has 50 valence electrons. The minimum absolute atomic E-state index is 0.0150. The molecular formula is C7H10O2. The van der Waals surface area contributed by atoms with E-state index in [1.807, 2.05) is 0 Å². The molecule has 0 bridgehead atoms. The number of fused-ring (bicyclic) bond motifs is 1. The monoisotopic (exact) mass is 126 g/mol. The maximum atomic E-state index is 10.9. The summed E-state index contributed by atoms with van der Waals surface area (Å²) >= 11 is 0. The van der Waals surface area contributed by atoms with E-state index in [-0.39, 0.29) is 6.10 Å². The minimum atomic E-state index is 0.0150. The molecule has 2 heteroatoms. The SMILES string of the molecule is C[C@H]1CC(=O)[C@@H]2O[C@@H]2C1. The van der Waals surface area contributed by atoms with E-state index in [2.05, 4.69) is 6.92 Å². The first-order chi connectivity index (χ1) is 4.27. The summed E-state index contributed by atoms with van der Waals surface area (Å²) in [5, 5.41) is 0. The Hall–Kier alpha value is -0.370. The highest BCUT2D eigenvalue weighted by Crippen LogP contribution is 2.36. The lowest BCUT2D eigenvalue weighted by Gasteiger charge is -2.10. The van der Waals surface area contributed by atoms with E-state index in [0.717, 1.165) is 12.8 Å². The van der Waals surface area contributed by atoms with Crippen LogP contribution in [0.15, 0.2) is 0 Å². The number of carbonyl (C=O) groups is 1. The van der Waals surface area contributed by atoms with Gasteiger partial charge in [0, 0.05) is 6.42 Å². The third-order valence-electron chi connectivity index (χ3n) is 2.08. The smallest absolute Gasteiger partial charge is 0.164 e. The van der Waals surface area contributed by atoms with Gasteiger partial charge in [0.2, 0.25) is 0 Å². The summed E-state index contributed by atoms with van der Waals surface area (Å²) in [7, 11) is 0. The van der Waals surface area contributed by atoms with Crippen molar-refractivity contribution >= 4 is 5.78 Å². The van der Waals surface area contributed by atoms with Crippen LogP contribution in [0.5, 0.6) is 0 Å². The van der Waals surface area contributed by atoms with Gasteiger partial charge < -0.3 is 4.74 Å². The third kappa shape index (κ3) is 0.778. The van der Waals surface area contributed by atoms with Crippen molar-refractivity contribution < 1.29 is 9.53 Å². The van der Waals surface area contributed by atoms with Crippen LogP contribution in [0, 0.1) is 5.92 Å². The topological polar surface area (TPSA) is 29.6 Å². The normalized spacial score (nSPS) is 48.6. The molecule has 1 heterocycles. The van der Waals surface area contributed by atoms with Gasteiger partial charge in [-0.15, -0.1) is 0 Å². The quantitative estimate of drug-likeness (QED) is 0.448. The lowest BCUT2D eigenvalue weighted by atomic mass is 9.90. The van der Waals surface area contributed by atoms with Gasteiger partial charge in [0.15, 0.2) is 5.78 Å². The van der Waals surface area contributed by atoms with Crippen LogP contribution in [-0.4, -0.2) is 18.0 Å². The molecule has 0 unspecified atom stereocenters. The highest BCUT2D eigenvalue weighted by atomic mass is 16.6. The molecule has 3 atom stereocenters. The summed E-state index contributed by atoms with van der Waals surface area (Å²) in [6.07, 6.45) is 2.15. The lowest BCUT2D eigenvalue weighted by molar-refractivity contribution is -0.121. The molecular weight excluding hydrogens is 116 g/mol. The number of hydrogen-bond acceptors (Lipinski definition) is 2. The molecule has 2 aliphatic rings. The largest absolute Gasteiger partial charge is 0.361 e. The standard InChI is InChI=1S/C7H10O2/c1-4-2-5(8)7-6(3-4)9-7/h4,6-7H,2-3H2,1H3/t4-,6+,7-/m0/s1. The van der Waals surface area contributed by atoms with Crippen LogP contribution in [0.25, 0.3) is 0 Å². The van der Waals surface area contributed by atoms with E-state index in [9.17, 15) is 4.79 Å². The molecule has 0 spiro atoms. The van der Waals surface area contributed by atoms with E-state index < -0.39 is 0 Å². The van der Waals surface area contributed by atoms with Gasteiger partial charge in [0.1, 0.15) is 6.10 Å². The van der Waals surface area contributed by atoms with Crippen molar-refractivity contribution in [3.8, 4) is 0 Å². The molecule has 2 nitrogen and oxygen atoms in total. The first kappa shape index (κ1) is 5.42. The maximum absolute atomic E-state index is 10.9. The molecule has 2 fully saturated rings. The van der Waals surface area contributed by atoms with Crippen molar-refractivity contribution in [1.29, 1.82) is 0 Å². The van der Waals surface area contributed by atoms with Crippen LogP contribution < -0.4 is 0 Å². The van der Waals surface area contributed by atoms with Gasteiger partial charge in [-0.1, -0.05) is 6.92 Å². The zero-order valence-electron chi connectivity index (χ0n) is 5.46. The van der Waals surface area contributed by atoms with Crippen LogP contribution in [0.4, 0.5) is 0 Å². The molecule has 2 rings (SSSR count). The Morgan fingerprint density at radius 3 is 3.11 bits per heavy atom. The minimum Gasteiger partial charge on any atom is -0.361 e. The molecule has 1 saturated heterocycles. The Bertz CT molecular complexity index is 153. The van der Waals surface area contributed by atoms with Gasteiger partial charge >= 0.3 is 0 Å². The van der Waals surface area contributed by atoms with Crippen LogP contribution in [0.1, 0.15) is 19.8 Å². The first-order valence-corrected chi connectivity index (χ1v) is 3.45. The molecule has 9 heavy (non-hydrogen) atoms. The molecule has 1 aliphatic heterocycles. The Labute approximate surface area is 54.2 Å². The molecule has 0 amide bonds. The molecule has 1 saturated carbocycles. The number of ether oxygens (including phenoxy) is 1. The molecule has 0 N–H and O–H groups in total. The Morgan fingerprint density at radius 1 is 1.67 bits per heavy atom. The van der Waals surface area contributed by atoms with Gasteiger partial charge in [-0.2, -0.15) is 0 Å². The second-order valence-electron chi connectivity index (χ2n) is 3.11. The summed E-state index contributed by atoms with van der Waals surface area (Å²) < 4.78 is 5.11. The van der Waals surface area contributed by atoms with Gasteiger partial charge in [-0.3, -0.25) is 4.79 Å². The number of carbonyl (C=O) groups excluding carboxylic acids is 1. The molecule has 0 aromatic rings. The molecule has 0 radical (unpaired) electrons. The number of epoxide rings is 1. The summed E-state index contributed by atoms with van der Waals surface area (Å²) in [6.45, 7) is 2.11. The number of rotatable bonds is 0. The van der Waals surface area contributed by atoms with Crippen LogP contribution in [-0.2, 0) is 9.53 Å². The second-order valence-corrected chi connectivity index (χ2v) is 3.11. The van der Waals surface area contributed by atoms with Crippen molar-refractivity contribution in [1.82, 2.24) is 0 Å². The second kappa shape index (κ2) is 1.57. The summed E-state index contributed by atoms with van der Waals surface area (Å²) in [4.78, 5) is 10.9. The van der Waals surface area contributed by atoms with Crippen LogP contribution in [0.2, 0.25) is 0 Å². The van der Waals surface area contributed by atoms with Crippen molar-refractivity contribution in [2.75, 3.05) is 0 Å². The fourth-order valence-corrected chi connectivity index (χ4v) is 1.54. The van der Waals surface area contributed by atoms with Gasteiger partial charge in [-0.05, 0) is 12.3 Å². The van der Waals surface area contributed by atoms with E-state index >= 15 is 0 Å². The average molecular weight is 126 g/mol. The van der Waals surface area contributed by atoms with Crippen molar-refractivity contribution in [2.45, 2.75) is 32.0 Å². The van der Waals surface area contributed by atoms with E-state index in [0.29, 0.717) is 17.8 Å². The summed E-state index contributed by atoms with van der Waals surface area (Å²) in [5.74, 6) is 0.875. The van der Waals surface area contributed by atoms with Crippen molar-refractivity contribution in [3.05, 3.63) is 0 Å². The highest BCUT2D eigenvalue weighted by molar-refractivity contribution is 5.87. The molecule has 1 aliphatic carbocycles. The van der Waals surface area contributed by atoms with Crippen LogP contribution in [0.3, 0.4) is 0 Å².